The molecule has 0 aromatic heterocycles. The number of hydrogen-bond acceptors (Lipinski definition) is 6. The number of carbonyl (C=O) groups is 2. The Labute approximate surface area is 201 Å². The predicted molar refractivity (Wildman–Crippen MR) is 133 cm³/mol. The van der Waals surface area contributed by atoms with E-state index in [1.165, 1.54) is 4.90 Å². The summed E-state index contributed by atoms with van der Waals surface area (Å²) in [5.41, 5.74) is 4.33. The molecule has 2 aliphatic heterocycles. The van der Waals surface area contributed by atoms with E-state index in [1.54, 1.807) is 0 Å². The van der Waals surface area contributed by atoms with Gasteiger partial charge in [0.05, 0.1) is 31.1 Å². The lowest BCUT2D eigenvalue weighted by Gasteiger charge is -2.27. The molecular formula is C27H33N3O4. The fourth-order valence-corrected chi connectivity index (χ4v) is 4.32. The number of benzene rings is 2. The van der Waals surface area contributed by atoms with Gasteiger partial charge in [0.15, 0.2) is 0 Å². The molecule has 0 spiro atoms. The molecule has 0 radical (unpaired) electrons. The van der Waals surface area contributed by atoms with E-state index in [0.29, 0.717) is 35.9 Å². The van der Waals surface area contributed by atoms with Crippen LogP contribution in [0.25, 0.3) is 5.57 Å². The molecule has 34 heavy (non-hydrogen) atoms. The minimum atomic E-state index is -0.300. The molecule has 2 heterocycles. The van der Waals surface area contributed by atoms with E-state index in [0.717, 1.165) is 56.0 Å². The zero-order chi connectivity index (χ0) is 24.1. The summed E-state index contributed by atoms with van der Waals surface area (Å²) in [6, 6.07) is 13.3. The van der Waals surface area contributed by atoms with Gasteiger partial charge in [0.1, 0.15) is 11.4 Å². The third-order valence-electron chi connectivity index (χ3n) is 6.37. The first kappa shape index (κ1) is 24.0. The highest BCUT2D eigenvalue weighted by molar-refractivity contribution is 6.36. The molecule has 4 rings (SSSR count). The Morgan fingerprint density at radius 2 is 1.74 bits per heavy atom. The minimum Gasteiger partial charge on any atom is -0.492 e. The molecule has 1 N–H and O–H groups in total. The standard InChI is InChI=1S/C27H33N3O4/c1-4-34-23-9-6-5-8-22(23)28-25-24(21-11-10-19(2)20(3)18-21)26(31)30(27(25)32)13-7-12-29-14-16-33-17-15-29/h5-6,8-11,18,28H,4,7,12-17H2,1-3H3. The lowest BCUT2D eigenvalue weighted by molar-refractivity contribution is -0.136. The summed E-state index contributed by atoms with van der Waals surface area (Å²) in [7, 11) is 0. The van der Waals surface area contributed by atoms with Crippen molar-refractivity contribution in [3.63, 3.8) is 0 Å². The summed E-state index contributed by atoms with van der Waals surface area (Å²) < 4.78 is 11.1. The summed E-state index contributed by atoms with van der Waals surface area (Å²) in [5.74, 6) is 0.0843. The van der Waals surface area contributed by atoms with Gasteiger partial charge in [-0.05, 0) is 56.0 Å². The number of anilines is 1. The number of carbonyl (C=O) groups excluding carboxylic acids is 2. The number of para-hydroxylation sites is 2. The van der Waals surface area contributed by atoms with Crippen LogP contribution in [0.3, 0.4) is 0 Å². The molecule has 1 saturated heterocycles. The Balaban J connectivity index is 1.62. The molecule has 0 saturated carbocycles. The van der Waals surface area contributed by atoms with Gasteiger partial charge in [0.25, 0.3) is 11.8 Å². The van der Waals surface area contributed by atoms with Gasteiger partial charge in [-0.2, -0.15) is 0 Å². The van der Waals surface area contributed by atoms with E-state index < -0.39 is 0 Å². The van der Waals surface area contributed by atoms with Crippen LogP contribution in [0.5, 0.6) is 5.75 Å². The lowest BCUT2D eigenvalue weighted by atomic mass is 9.99. The topological polar surface area (TPSA) is 71.1 Å². The van der Waals surface area contributed by atoms with Crippen molar-refractivity contribution in [2.75, 3.05) is 51.3 Å². The molecule has 0 aliphatic carbocycles. The molecule has 7 heteroatoms. The third kappa shape index (κ3) is 5.16. The van der Waals surface area contributed by atoms with Crippen molar-refractivity contribution in [1.82, 2.24) is 9.80 Å². The average molecular weight is 464 g/mol. The fraction of sp³-hybridized carbons (Fsp3) is 0.407. The average Bonchev–Trinajstić information content (AvgIpc) is 3.07. The second kappa shape index (κ2) is 10.8. The van der Waals surface area contributed by atoms with Crippen LogP contribution >= 0.6 is 0 Å². The number of hydrogen-bond donors (Lipinski definition) is 1. The number of nitrogens with zero attached hydrogens (tertiary/aromatic N) is 2. The lowest BCUT2D eigenvalue weighted by Crippen LogP contribution is -2.39. The third-order valence-corrected chi connectivity index (χ3v) is 6.37. The Kier molecular flexibility index (Phi) is 7.65. The molecule has 1 fully saturated rings. The molecule has 0 bridgehead atoms. The second-order valence-corrected chi connectivity index (χ2v) is 8.67. The molecule has 2 aromatic rings. The van der Waals surface area contributed by atoms with Crippen molar-refractivity contribution < 1.29 is 19.1 Å². The Hall–Kier alpha value is -3.16. The van der Waals surface area contributed by atoms with Crippen molar-refractivity contribution in [2.24, 2.45) is 0 Å². The predicted octanol–water partition coefficient (Wildman–Crippen LogP) is 3.62. The van der Waals surface area contributed by atoms with Gasteiger partial charge in [-0.3, -0.25) is 19.4 Å². The minimum absolute atomic E-state index is 0.258. The van der Waals surface area contributed by atoms with E-state index in [2.05, 4.69) is 10.2 Å². The van der Waals surface area contributed by atoms with Crippen LogP contribution < -0.4 is 10.1 Å². The van der Waals surface area contributed by atoms with Crippen molar-refractivity contribution in [3.05, 3.63) is 64.9 Å². The van der Waals surface area contributed by atoms with Crippen LogP contribution in [0, 0.1) is 13.8 Å². The summed E-state index contributed by atoms with van der Waals surface area (Å²) in [5, 5.41) is 3.24. The zero-order valence-electron chi connectivity index (χ0n) is 20.2. The Bertz CT molecular complexity index is 1090. The smallest absolute Gasteiger partial charge is 0.278 e. The van der Waals surface area contributed by atoms with Gasteiger partial charge in [-0.15, -0.1) is 0 Å². The van der Waals surface area contributed by atoms with Crippen LogP contribution in [-0.2, 0) is 14.3 Å². The first-order valence-corrected chi connectivity index (χ1v) is 12.0. The largest absolute Gasteiger partial charge is 0.492 e. The maximum atomic E-state index is 13.5. The fourth-order valence-electron chi connectivity index (χ4n) is 4.32. The number of amides is 2. The molecule has 0 atom stereocenters. The number of rotatable bonds is 9. The van der Waals surface area contributed by atoms with E-state index in [-0.39, 0.29) is 11.8 Å². The van der Waals surface area contributed by atoms with Crippen LogP contribution in [0.15, 0.2) is 48.2 Å². The van der Waals surface area contributed by atoms with Crippen molar-refractivity contribution in [1.29, 1.82) is 0 Å². The van der Waals surface area contributed by atoms with Crippen LogP contribution in [0.2, 0.25) is 0 Å². The van der Waals surface area contributed by atoms with Gasteiger partial charge in [-0.1, -0.05) is 30.3 Å². The SMILES string of the molecule is CCOc1ccccc1NC1=C(c2ccc(C)c(C)c2)C(=O)N(CCCN2CCOCC2)C1=O. The van der Waals surface area contributed by atoms with Gasteiger partial charge < -0.3 is 14.8 Å². The number of morpholine rings is 1. The second-order valence-electron chi connectivity index (χ2n) is 8.67. The number of imide groups is 1. The first-order chi connectivity index (χ1) is 16.5. The van der Waals surface area contributed by atoms with Crippen molar-refractivity contribution in [2.45, 2.75) is 27.2 Å². The van der Waals surface area contributed by atoms with E-state index in [9.17, 15) is 9.59 Å². The van der Waals surface area contributed by atoms with E-state index in [1.807, 2.05) is 63.2 Å². The molecule has 7 nitrogen and oxygen atoms in total. The van der Waals surface area contributed by atoms with Gasteiger partial charge in [0.2, 0.25) is 0 Å². The molecule has 180 valence electrons. The van der Waals surface area contributed by atoms with E-state index in [4.69, 9.17) is 9.47 Å². The van der Waals surface area contributed by atoms with Crippen LogP contribution in [-0.4, -0.2) is 67.6 Å². The highest BCUT2D eigenvalue weighted by Crippen LogP contribution is 2.34. The molecular weight excluding hydrogens is 430 g/mol. The van der Waals surface area contributed by atoms with Gasteiger partial charge in [-0.25, -0.2) is 0 Å². The zero-order valence-corrected chi connectivity index (χ0v) is 20.2. The van der Waals surface area contributed by atoms with Crippen LogP contribution in [0.4, 0.5) is 5.69 Å². The Morgan fingerprint density at radius 1 is 0.971 bits per heavy atom. The highest BCUT2D eigenvalue weighted by atomic mass is 16.5. The first-order valence-electron chi connectivity index (χ1n) is 12.0. The maximum absolute atomic E-state index is 13.5. The Morgan fingerprint density at radius 3 is 2.47 bits per heavy atom. The van der Waals surface area contributed by atoms with Crippen molar-refractivity contribution in [3.8, 4) is 5.75 Å². The summed E-state index contributed by atoms with van der Waals surface area (Å²) in [4.78, 5) is 30.7. The molecule has 2 aromatic carbocycles. The van der Waals surface area contributed by atoms with E-state index >= 15 is 0 Å². The van der Waals surface area contributed by atoms with Crippen LogP contribution in [0.1, 0.15) is 30.0 Å². The molecule has 2 amide bonds. The molecule has 0 unspecified atom stereocenters. The van der Waals surface area contributed by atoms with Gasteiger partial charge >= 0.3 is 0 Å². The highest BCUT2D eigenvalue weighted by Gasteiger charge is 2.39. The number of ether oxygens (including phenoxy) is 2. The number of nitrogens with one attached hydrogen (secondary N) is 1. The summed E-state index contributed by atoms with van der Waals surface area (Å²) in [6.07, 6.45) is 0.723. The number of aryl methyl sites for hydroxylation is 2. The normalized spacial score (nSPS) is 17.0. The quantitative estimate of drug-likeness (QED) is 0.573. The summed E-state index contributed by atoms with van der Waals surface area (Å²) >= 11 is 0. The van der Waals surface area contributed by atoms with Gasteiger partial charge in [0, 0.05) is 26.2 Å². The molecule has 2 aliphatic rings. The van der Waals surface area contributed by atoms with Crippen molar-refractivity contribution >= 4 is 23.1 Å². The summed E-state index contributed by atoms with van der Waals surface area (Å²) in [6.45, 7) is 10.9. The monoisotopic (exact) mass is 463 g/mol. The maximum Gasteiger partial charge on any atom is 0.278 e.